The monoisotopic (exact) mass is 269 g/mol. The van der Waals surface area contributed by atoms with Gasteiger partial charge in [0.25, 0.3) is 0 Å². The summed E-state index contributed by atoms with van der Waals surface area (Å²) in [7, 11) is 0. The van der Waals surface area contributed by atoms with Crippen molar-refractivity contribution in [2.45, 2.75) is 19.6 Å². The molecule has 102 valence electrons. The molecule has 0 aliphatic heterocycles. The molecule has 3 aromatic rings. The lowest BCUT2D eigenvalue weighted by Gasteiger charge is -2.15. The summed E-state index contributed by atoms with van der Waals surface area (Å²) in [5.74, 6) is 1.34. The Morgan fingerprint density at radius 3 is 2.80 bits per heavy atom. The van der Waals surface area contributed by atoms with Crippen LogP contribution in [0.4, 0.5) is 0 Å². The Morgan fingerprint density at radius 2 is 2.05 bits per heavy atom. The minimum absolute atomic E-state index is 0.285. The van der Waals surface area contributed by atoms with Crippen molar-refractivity contribution >= 4 is 10.8 Å². The molecule has 0 bridgehead atoms. The lowest BCUT2D eigenvalue weighted by atomic mass is 10.0. The largest absolute Gasteiger partial charge is 0.485 e. The molecule has 0 aliphatic rings. The SMILES string of the molecule is CC(O)c1ccc2ccccc2c1OCc1ccno1. The number of aliphatic hydroxyl groups is 1. The molecule has 2 aromatic carbocycles. The number of hydrogen-bond acceptors (Lipinski definition) is 4. The Morgan fingerprint density at radius 1 is 1.20 bits per heavy atom. The minimum atomic E-state index is -0.593. The third-order valence-electron chi connectivity index (χ3n) is 3.21. The molecule has 1 heterocycles. The van der Waals surface area contributed by atoms with Gasteiger partial charge in [-0.15, -0.1) is 0 Å². The van der Waals surface area contributed by atoms with Crippen molar-refractivity contribution in [1.82, 2.24) is 5.16 Å². The number of benzene rings is 2. The Balaban J connectivity index is 2.03. The van der Waals surface area contributed by atoms with Crippen LogP contribution in [0.5, 0.6) is 5.75 Å². The van der Waals surface area contributed by atoms with Crippen LogP contribution < -0.4 is 4.74 Å². The highest BCUT2D eigenvalue weighted by atomic mass is 16.5. The Labute approximate surface area is 116 Å². The van der Waals surface area contributed by atoms with Crippen LogP contribution in [-0.2, 0) is 6.61 Å². The first kappa shape index (κ1) is 12.7. The van der Waals surface area contributed by atoms with Gasteiger partial charge in [-0.3, -0.25) is 0 Å². The topological polar surface area (TPSA) is 55.5 Å². The highest BCUT2D eigenvalue weighted by Gasteiger charge is 2.13. The van der Waals surface area contributed by atoms with E-state index >= 15 is 0 Å². The average molecular weight is 269 g/mol. The second-order valence-corrected chi connectivity index (χ2v) is 4.65. The van der Waals surface area contributed by atoms with Crippen molar-refractivity contribution in [3.63, 3.8) is 0 Å². The molecule has 1 aromatic heterocycles. The zero-order valence-corrected chi connectivity index (χ0v) is 11.1. The fraction of sp³-hybridized carbons (Fsp3) is 0.188. The molecular formula is C16H15NO3. The predicted octanol–water partition coefficient (Wildman–Crippen LogP) is 3.46. The molecular weight excluding hydrogens is 254 g/mol. The van der Waals surface area contributed by atoms with E-state index in [1.807, 2.05) is 36.4 Å². The molecule has 1 atom stereocenters. The van der Waals surface area contributed by atoms with Gasteiger partial charge in [-0.25, -0.2) is 0 Å². The van der Waals surface area contributed by atoms with E-state index in [0.717, 1.165) is 16.3 Å². The molecule has 0 spiro atoms. The van der Waals surface area contributed by atoms with Crippen molar-refractivity contribution in [2.24, 2.45) is 0 Å². The Hall–Kier alpha value is -2.33. The van der Waals surface area contributed by atoms with Gasteiger partial charge in [0, 0.05) is 17.0 Å². The van der Waals surface area contributed by atoms with E-state index in [4.69, 9.17) is 9.26 Å². The van der Waals surface area contributed by atoms with E-state index in [0.29, 0.717) is 11.5 Å². The lowest BCUT2D eigenvalue weighted by molar-refractivity contribution is 0.187. The van der Waals surface area contributed by atoms with Crippen molar-refractivity contribution in [1.29, 1.82) is 0 Å². The maximum Gasteiger partial charge on any atom is 0.174 e. The molecule has 3 rings (SSSR count). The van der Waals surface area contributed by atoms with Gasteiger partial charge in [0.05, 0.1) is 12.3 Å². The van der Waals surface area contributed by atoms with Gasteiger partial charge in [0.15, 0.2) is 5.76 Å². The molecule has 0 aliphatic carbocycles. The van der Waals surface area contributed by atoms with Crippen LogP contribution in [-0.4, -0.2) is 10.3 Å². The summed E-state index contributed by atoms with van der Waals surface area (Å²) in [4.78, 5) is 0. The van der Waals surface area contributed by atoms with Crippen LogP contribution in [0.15, 0.2) is 53.2 Å². The van der Waals surface area contributed by atoms with Crippen molar-refractivity contribution in [2.75, 3.05) is 0 Å². The summed E-state index contributed by atoms with van der Waals surface area (Å²) in [5, 5.41) is 15.6. The molecule has 1 unspecified atom stereocenters. The summed E-state index contributed by atoms with van der Waals surface area (Å²) >= 11 is 0. The van der Waals surface area contributed by atoms with Crippen molar-refractivity contribution in [3.8, 4) is 5.75 Å². The number of rotatable bonds is 4. The van der Waals surface area contributed by atoms with Gasteiger partial charge in [-0.05, 0) is 12.3 Å². The zero-order valence-electron chi connectivity index (χ0n) is 11.1. The fourth-order valence-corrected chi connectivity index (χ4v) is 2.21. The molecule has 0 saturated carbocycles. The highest BCUT2D eigenvalue weighted by molar-refractivity contribution is 5.89. The number of aromatic nitrogens is 1. The highest BCUT2D eigenvalue weighted by Crippen LogP contribution is 2.34. The summed E-state index contributed by atoms with van der Waals surface area (Å²) in [6.07, 6.45) is 0.988. The van der Waals surface area contributed by atoms with Gasteiger partial charge in [-0.1, -0.05) is 41.6 Å². The molecule has 20 heavy (non-hydrogen) atoms. The van der Waals surface area contributed by atoms with E-state index in [1.54, 1.807) is 19.2 Å². The lowest BCUT2D eigenvalue weighted by Crippen LogP contribution is -2.01. The number of hydrogen-bond donors (Lipinski definition) is 1. The zero-order chi connectivity index (χ0) is 13.9. The number of aliphatic hydroxyl groups excluding tert-OH is 1. The molecule has 0 radical (unpaired) electrons. The summed E-state index contributed by atoms with van der Waals surface area (Å²) < 4.78 is 10.9. The normalized spacial score (nSPS) is 12.5. The quantitative estimate of drug-likeness (QED) is 0.788. The number of ether oxygens (including phenoxy) is 1. The van der Waals surface area contributed by atoms with Crippen molar-refractivity contribution < 1.29 is 14.4 Å². The van der Waals surface area contributed by atoms with Gasteiger partial charge < -0.3 is 14.4 Å². The van der Waals surface area contributed by atoms with E-state index in [2.05, 4.69) is 5.16 Å². The first-order valence-electron chi connectivity index (χ1n) is 6.48. The van der Waals surface area contributed by atoms with Crippen LogP contribution in [0, 0.1) is 0 Å². The number of nitrogens with zero attached hydrogens (tertiary/aromatic N) is 1. The second-order valence-electron chi connectivity index (χ2n) is 4.65. The van der Waals surface area contributed by atoms with E-state index in [-0.39, 0.29) is 6.61 Å². The first-order chi connectivity index (χ1) is 9.75. The van der Waals surface area contributed by atoms with Crippen molar-refractivity contribution in [3.05, 3.63) is 60.0 Å². The van der Waals surface area contributed by atoms with Crippen LogP contribution in [0.1, 0.15) is 24.4 Å². The molecule has 0 amide bonds. The summed E-state index contributed by atoms with van der Waals surface area (Å²) in [6.45, 7) is 2.01. The minimum Gasteiger partial charge on any atom is -0.485 e. The standard InChI is InChI=1S/C16H15NO3/c1-11(18)14-7-6-12-4-2-3-5-15(12)16(14)19-10-13-8-9-17-20-13/h2-9,11,18H,10H2,1H3. The number of fused-ring (bicyclic) bond motifs is 1. The molecule has 4 nitrogen and oxygen atoms in total. The third-order valence-corrected chi connectivity index (χ3v) is 3.21. The molecule has 0 saturated heterocycles. The van der Waals surface area contributed by atoms with Gasteiger partial charge in [0.1, 0.15) is 12.4 Å². The molecule has 0 fully saturated rings. The maximum atomic E-state index is 9.91. The van der Waals surface area contributed by atoms with Gasteiger partial charge in [0.2, 0.25) is 0 Å². The first-order valence-corrected chi connectivity index (χ1v) is 6.48. The van der Waals surface area contributed by atoms with Crippen LogP contribution in [0.25, 0.3) is 10.8 Å². The Bertz CT molecular complexity index is 705. The molecule has 4 heteroatoms. The fourth-order valence-electron chi connectivity index (χ4n) is 2.21. The van der Waals surface area contributed by atoms with E-state index in [9.17, 15) is 5.11 Å². The van der Waals surface area contributed by atoms with Crippen LogP contribution in [0.3, 0.4) is 0 Å². The van der Waals surface area contributed by atoms with E-state index in [1.165, 1.54) is 0 Å². The molecule has 1 N–H and O–H groups in total. The smallest absolute Gasteiger partial charge is 0.174 e. The Kier molecular flexibility index (Phi) is 3.39. The van der Waals surface area contributed by atoms with Gasteiger partial charge >= 0.3 is 0 Å². The van der Waals surface area contributed by atoms with Crippen LogP contribution in [0.2, 0.25) is 0 Å². The predicted molar refractivity (Wildman–Crippen MR) is 75.4 cm³/mol. The maximum absolute atomic E-state index is 9.91. The third kappa shape index (κ3) is 2.38. The van der Waals surface area contributed by atoms with Gasteiger partial charge in [-0.2, -0.15) is 0 Å². The second kappa shape index (κ2) is 5.35. The summed E-state index contributed by atoms with van der Waals surface area (Å²) in [5.41, 5.74) is 0.767. The van der Waals surface area contributed by atoms with E-state index < -0.39 is 6.10 Å². The summed E-state index contributed by atoms with van der Waals surface area (Å²) in [6, 6.07) is 13.6. The van der Waals surface area contributed by atoms with Crippen LogP contribution >= 0.6 is 0 Å². The average Bonchev–Trinajstić information content (AvgIpc) is 2.97.